The van der Waals surface area contributed by atoms with Gasteiger partial charge in [-0.05, 0) is 50.2 Å². The number of carbonyl (C=O) groups excluding carboxylic acids is 2. The fraction of sp³-hybridized carbons (Fsp3) is 0.619. The standard InChI is InChI=1S/C21H30N2O3/c1-4-12-22-19(24)18-14-26-21(11-7-8-15(2)13-21)23(18)20(25)17-10-6-5-9-16(17)3/h5-6,9-10,15,18H,4,7-8,11-14H2,1-3H3,(H,22,24)/t15-,18+,21+/m0/s1. The first-order chi connectivity index (χ1) is 12.5. The molecule has 3 atom stereocenters. The van der Waals surface area contributed by atoms with Crippen LogP contribution in [-0.2, 0) is 9.53 Å². The lowest BCUT2D eigenvalue weighted by Crippen LogP contribution is -2.57. The lowest BCUT2D eigenvalue weighted by molar-refractivity contribution is -0.128. The van der Waals surface area contributed by atoms with Crippen molar-refractivity contribution in [3.63, 3.8) is 0 Å². The largest absolute Gasteiger partial charge is 0.354 e. The number of ether oxygens (including phenoxy) is 1. The quantitative estimate of drug-likeness (QED) is 0.899. The van der Waals surface area contributed by atoms with E-state index in [1.807, 2.05) is 38.1 Å². The number of carbonyl (C=O) groups is 2. The highest BCUT2D eigenvalue weighted by molar-refractivity contribution is 5.99. The van der Waals surface area contributed by atoms with Crippen LogP contribution in [0.5, 0.6) is 0 Å². The maximum Gasteiger partial charge on any atom is 0.257 e. The fourth-order valence-electron chi connectivity index (χ4n) is 4.32. The monoisotopic (exact) mass is 358 g/mol. The van der Waals surface area contributed by atoms with E-state index in [0.29, 0.717) is 18.0 Å². The predicted octanol–water partition coefficient (Wildman–Crippen LogP) is 3.27. The fourth-order valence-corrected chi connectivity index (χ4v) is 4.32. The van der Waals surface area contributed by atoms with E-state index in [4.69, 9.17) is 4.74 Å². The molecule has 2 fully saturated rings. The number of amides is 2. The Morgan fingerprint density at radius 2 is 2.12 bits per heavy atom. The second kappa shape index (κ2) is 7.78. The van der Waals surface area contributed by atoms with E-state index in [1.54, 1.807) is 4.90 Å². The van der Waals surface area contributed by atoms with Crippen LogP contribution in [-0.4, -0.2) is 41.6 Å². The molecular formula is C21H30N2O3. The Bertz CT molecular complexity index is 675. The molecule has 26 heavy (non-hydrogen) atoms. The van der Waals surface area contributed by atoms with E-state index in [-0.39, 0.29) is 18.4 Å². The summed E-state index contributed by atoms with van der Waals surface area (Å²) >= 11 is 0. The van der Waals surface area contributed by atoms with E-state index >= 15 is 0 Å². The Hall–Kier alpha value is -1.88. The van der Waals surface area contributed by atoms with Crippen molar-refractivity contribution in [2.75, 3.05) is 13.2 Å². The molecule has 0 unspecified atom stereocenters. The molecule has 1 aliphatic heterocycles. The average Bonchev–Trinajstić information content (AvgIpc) is 2.97. The third-order valence-corrected chi connectivity index (χ3v) is 5.64. The molecular weight excluding hydrogens is 328 g/mol. The minimum absolute atomic E-state index is 0.0913. The van der Waals surface area contributed by atoms with Gasteiger partial charge in [0.1, 0.15) is 11.8 Å². The summed E-state index contributed by atoms with van der Waals surface area (Å²) in [4.78, 5) is 28.0. The first-order valence-electron chi connectivity index (χ1n) is 9.79. The molecule has 1 aromatic rings. The zero-order valence-electron chi connectivity index (χ0n) is 16.1. The Labute approximate surface area is 156 Å². The van der Waals surface area contributed by atoms with E-state index < -0.39 is 11.8 Å². The molecule has 1 N–H and O–H groups in total. The van der Waals surface area contributed by atoms with Crippen molar-refractivity contribution in [3.8, 4) is 0 Å². The van der Waals surface area contributed by atoms with Gasteiger partial charge in [0.2, 0.25) is 5.91 Å². The summed E-state index contributed by atoms with van der Waals surface area (Å²) in [7, 11) is 0. The van der Waals surface area contributed by atoms with Gasteiger partial charge >= 0.3 is 0 Å². The molecule has 1 heterocycles. The third kappa shape index (κ3) is 3.50. The van der Waals surface area contributed by atoms with Gasteiger partial charge in [-0.15, -0.1) is 0 Å². The molecule has 0 aromatic heterocycles. The summed E-state index contributed by atoms with van der Waals surface area (Å²) in [6, 6.07) is 7.03. The van der Waals surface area contributed by atoms with Gasteiger partial charge in [0, 0.05) is 12.1 Å². The van der Waals surface area contributed by atoms with Gasteiger partial charge in [-0.25, -0.2) is 0 Å². The van der Waals surface area contributed by atoms with Crippen molar-refractivity contribution < 1.29 is 14.3 Å². The molecule has 142 valence electrons. The number of aryl methyl sites for hydroxylation is 1. The van der Waals surface area contributed by atoms with Crippen LogP contribution in [0.4, 0.5) is 0 Å². The van der Waals surface area contributed by atoms with Crippen LogP contribution in [0.1, 0.15) is 61.9 Å². The zero-order chi connectivity index (χ0) is 18.7. The molecule has 3 rings (SSSR count). The van der Waals surface area contributed by atoms with Crippen molar-refractivity contribution in [1.82, 2.24) is 10.2 Å². The van der Waals surface area contributed by atoms with E-state index in [0.717, 1.165) is 37.7 Å². The molecule has 0 radical (unpaired) electrons. The van der Waals surface area contributed by atoms with Gasteiger partial charge in [0.25, 0.3) is 5.91 Å². The maximum absolute atomic E-state index is 13.5. The van der Waals surface area contributed by atoms with Crippen LogP contribution >= 0.6 is 0 Å². The van der Waals surface area contributed by atoms with Gasteiger partial charge in [-0.3, -0.25) is 14.5 Å². The summed E-state index contributed by atoms with van der Waals surface area (Å²) in [6.45, 7) is 7.05. The van der Waals surface area contributed by atoms with Crippen molar-refractivity contribution in [2.24, 2.45) is 5.92 Å². The highest BCUT2D eigenvalue weighted by Crippen LogP contribution is 2.43. The van der Waals surface area contributed by atoms with Gasteiger partial charge < -0.3 is 10.1 Å². The first-order valence-corrected chi connectivity index (χ1v) is 9.79. The third-order valence-electron chi connectivity index (χ3n) is 5.64. The van der Waals surface area contributed by atoms with Crippen LogP contribution in [0.15, 0.2) is 24.3 Å². The van der Waals surface area contributed by atoms with Crippen molar-refractivity contribution in [1.29, 1.82) is 0 Å². The number of nitrogens with one attached hydrogen (secondary N) is 1. The predicted molar refractivity (Wildman–Crippen MR) is 101 cm³/mol. The van der Waals surface area contributed by atoms with Gasteiger partial charge in [0.05, 0.1) is 6.61 Å². The molecule has 1 aromatic carbocycles. The highest BCUT2D eigenvalue weighted by atomic mass is 16.5. The van der Waals surface area contributed by atoms with Gasteiger partial charge in [-0.2, -0.15) is 0 Å². The van der Waals surface area contributed by atoms with E-state index in [2.05, 4.69) is 12.2 Å². The minimum atomic E-state index is -0.648. The molecule has 0 bridgehead atoms. The minimum Gasteiger partial charge on any atom is -0.354 e. The number of benzene rings is 1. The van der Waals surface area contributed by atoms with Crippen molar-refractivity contribution in [3.05, 3.63) is 35.4 Å². The van der Waals surface area contributed by atoms with Crippen LogP contribution in [0.2, 0.25) is 0 Å². The zero-order valence-corrected chi connectivity index (χ0v) is 16.1. The van der Waals surface area contributed by atoms with Crippen LogP contribution < -0.4 is 5.32 Å². The molecule has 2 aliphatic rings. The van der Waals surface area contributed by atoms with E-state index in [1.165, 1.54) is 0 Å². The van der Waals surface area contributed by atoms with Crippen molar-refractivity contribution >= 4 is 11.8 Å². The van der Waals surface area contributed by atoms with Gasteiger partial charge in [-0.1, -0.05) is 38.5 Å². The van der Waals surface area contributed by atoms with E-state index in [9.17, 15) is 9.59 Å². The number of rotatable bonds is 4. The first kappa shape index (κ1) is 18.9. The Balaban J connectivity index is 1.95. The molecule has 1 spiro atoms. The molecule has 5 nitrogen and oxygen atoms in total. The smallest absolute Gasteiger partial charge is 0.257 e. The Kier molecular flexibility index (Phi) is 5.66. The summed E-state index contributed by atoms with van der Waals surface area (Å²) in [5, 5.41) is 2.95. The van der Waals surface area contributed by atoms with Crippen LogP contribution in [0.25, 0.3) is 0 Å². The Morgan fingerprint density at radius 3 is 2.81 bits per heavy atom. The molecule has 1 aliphatic carbocycles. The van der Waals surface area contributed by atoms with Crippen LogP contribution in [0, 0.1) is 12.8 Å². The summed E-state index contributed by atoms with van der Waals surface area (Å²) in [5.41, 5.74) is 0.936. The number of nitrogens with zero attached hydrogens (tertiary/aromatic N) is 1. The molecule has 2 amide bonds. The summed E-state index contributed by atoms with van der Waals surface area (Å²) in [5.74, 6) is 0.281. The average molecular weight is 358 g/mol. The Morgan fingerprint density at radius 1 is 1.35 bits per heavy atom. The van der Waals surface area contributed by atoms with Crippen LogP contribution in [0.3, 0.4) is 0 Å². The second-order valence-electron chi connectivity index (χ2n) is 7.76. The van der Waals surface area contributed by atoms with Gasteiger partial charge in [0.15, 0.2) is 0 Å². The van der Waals surface area contributed by atoms with Crippen molar-refractivity contribution in [2.45, 2.75) is 64.6 Å². The lowest BCUT2D eigenvalue weighted by Gasteiger charge is -2.43. The normalized spacial score (nSPS) is 28.3. The highest BCUT2D eigenvalue weighted by Gasteiger charge is 2.54. The molecule has 1 saturated carbocycles. The number of hydrogen-bond acceptors (Lipinski definition) is 3. The number of hydrogen-bond donors (Lipinski definition) is 1. The molecule has 1 saturated heterocycles. The lowest BCUT2D eigenvalue weighted by atomic mass is 9.82. The summed E-state index contributed by atoms with van der Waals surface area (Å²) in [6.07, 6.45) is 4.62. The molecule has 5 heteroatoms. The maximum atomic E-state index is 13.5. The second-order valence-corrected chi connectivity index (χ2v) is 7.76. The summed E-state index contributed by atoms with van der Waals surface area (Å²) < 4.78 is 6.20. The SMILES string of the molecule is CCCNC(=O)[C@H]1CO[C@@]2(CCC[C@H](C)C2)N1C(=O)c1ccccc1C. The topological polar surface area (TPSA) is 58.6 Å².